The Hall–Kier alpha value is -6.11. The zero-order chi connectivity index (χ0) is 37.4. The van der Waals surface area contributed by atoms with Crippen LogP contribution in [-0.2, 0) is 0 Å². The van der Waals surface area contributed by atoms with Gasteiger partial charge in [0.05, 0.1) is 11.0 Å². The molecule has 0 aliphatic heterocycles. The van der Waals surface area contributed by atoms with E-state index in [4.69, 9.17) is 15.0 Å². The lowest BCUT2D eigenvalue weighted by atomic mass is 9.60. The van der Waals surface area contributed by atoms with E-state index in [0.717, 1.165) is 16.7 Å². The van der Waals surface area contributed by atoms with E-state index in [-0.39, 0.29) is 0 Å². The summed E-state index contributed by atoms with van der Waals surface area (Å²) in [6, 6.07) is 50.0. The van der Waals surface area contributed by atoms with Gasteiger partial charge in [-0.1, -0.05) is 89.8 Å². The first-order valence-electron chi connectivity index (χ1n) is 18.8. The van der Waals surface area contributed by atoms with E-state index in [2.05, 4.69) is 165 Å². The lowest BCUT2D eigenvalue weighted by Crippen LogP contribution is -2.55. The molecule has 7 aromatic carbocycles. The summed E-state index contributed by atoms with van der Waals surface area (Å²) >= 11 is 1.83. The van der Waals surface area contributed by atoms with Crippen molar-refractivity contribution in [1.82, 2.24) is 19.5 Å². The molecule has 0 aliphatic rings. The van der Waals surface area contributed by atoms with Gasteiger partial charge in [0.1, 0.15) is 39.2 Å². The molecule has 0 N–H and O–H groups in total. The van der Waals surface area contributed by atoms with Crippen LogP contribution in [0.1, 0.15) is 0 Å². The van der Waals surface area contributed by atoms with Crippen molar-refractivity contribution in [2.45, 2.75) is 0 Å². The van der Waals surface area contributed by atoms with Gasteiger partial charge in [0.25, 0.3) is 0 Å². The third-order valence-electron chi connectivity index (χ3n) is 11.6. The SMILES string of the molecule is Bc1c(B)c(B)c(-c2nc(-c3ccccc3)nc(-c3ccc4sc5ccc(-c6ccc7c(c6)c6ccccc6n7-c6ccccc6)cc5c4c3)n2)c(B)c1B. The lowest BCUT2D eigenvalue weighted by Gasteiger charge is -2.20. The van der Waals surface area contributed by atoms with E-state index in [1.165, 1.54) is 86.1 Å². The third-order valence-corrected chi connectivity index (χ3v) is 12.8. The fraction of sp³-hybridized carbons (Fsp3) is 0. The van der Waals surface area contributed by atoms with Crippen molar-refractivity contribution in [2.75, 3.05) is 0 Å². The van der Waals surface area contributed by atoms with Crippen molar-refractivity contribution >= 4 is 120 Å². The van der Waals surface area contributed by atoms with Crippen LogP contribution >= 0.6 is 11.3 Å². The van der Waals surface area contributed by atoms with Crippen LogP contribution in [-0.4, -0.2) is 58.8 Å². The maximum absolute atomic E-state index is 5.23. The zero-order valence-corrected chi connectivity index (χ0v) is 32.3. The molecule has 0 bridgehead atoms. The first kappa shape index (κ1) is 33.5. The molecule has 0 radical (unpaired) electrons. The first-order valence-corrected chi connectivity index (χ1v) is 19.6. The number of thiophene rings is 1. The van der Waals surface area contributed by atoms with Crippen molar-refractivity contribution in [3.05, 3.63) is 140 Å². The van der Waals surface area contributed by atoms with Gasteiger partial charge in [-0.05, 0) is 71.8 Å². The summed E-state index contributed by atoms with van der Waals surface area (Å²) in [5, 5.41) is 4.94. The molecule has 10 rings (SSSR count). The molecular weight excluding hydrogens is 683 g/mol. The predicted octanol–water partition coefficient (Wildman–Crippen LogP) is 3.30. The van der Waals surface area contributed by atoms with Crippen LogP contribution in [0.15, 0.2) is 140 Å². The van der Waals surface area contributed by atoms with E-state index >= 15 is 0 Å². The highest BCUT2D eigenvalue weighted by Crippen LogP contribution is 2.40. The number of aromatic nitrogens is 4. The Bertz CT molecular complexity index is 3130. The number of para-hydroxylation sites is 2. The van der Waals surface area contributed by atoms with Crippen LogP contribution in [0.4, 0.5) is 0 Å². The summed E-state index contributed by atoms with van der Waals surface area (Å²) in [5.41, 5.74) is 15.3. The summed E-state index contributed by atoms with van der Waals surface area (Å²) in [7, 11) is 11.0. The minimum atomic E-state index is 0.677. The highest BCUT2D eigenvalue weighted by atomic mass is 32.1. The molecule has 0 aliphatic carbocycles. The molecule has 0 fully saturated rings. The second kappa shape index (κ2) is 13.0. The standard InChI is InChI=1S/C45H33B5N4S/c46-38-37(39(47)41(49)42(50)40(38)48)45-52-43(24-9-3-1-4-10-24)51-44(53-45)27-17-20-36-32(23-27)31-22-26(16-19-35(31)55-36)25-15-18-34-30(21-25)29-13-7-8-14-33(29)54(34)28-11-5-2-6-12-28/h1-23H,46-50H2. The quantitative estimate of drug-likeness (QED) is 0.257. The average Bonchev–Trinajstić information content (AvgIpc) is 3.77. The Labute approximate surface area is 328 Å². The van der Waals surface area contributed by atoms with E-state index in [1.807, 2.05) is 29.5 Å². The van der Waals surface area contributed by atoms with E-state index in [0.29, 0.717) is 17.5 Å². The predicted molar refractivity (Wildman–Crippen MR) is 250 cm³/mol. The van der Waals surface area contributed by atoms with Gasteiger partial charge in [-0.15, -0.1) is 27.7 Å². The second-order valence-electron chi connectivity index (χ2n) is 14.6. The van der Waals surface area contributed by atoms with Crippen molar-refractivity contribution in [2.24, 2.45) is 0 Å². The Morgan fingerprint density at radius 1 is 0.382 bits per heavy atom. The maximum Gasteiger partial charge on any atom is 0.164 e. The van der Waals surface area contributed by atoms with Gasteiger partial charge in [-0.3, -0.25) is 0 Å². The van der Waals surface area contributed by atoms with Crippen LogP contribution < -0.4 is 27.3 Å². The maximum atomic E-state index is 5.23. The molecule has 10 heteroatoms. The summed E-state index contributed by atoms with van der Waals surface area (Å²) in [6.45, 7) is 0. The van der Waals surface area contributed by atoms with Crippen LogP contribution in [0, 0.1) is 0 Å². The molecule has 0 saturated heterocycles. The van der Waals surface area contributed by atoms with E-state index in [9.17, 15) is 0 Å². The van der Waals surface area contributed by atoms with Crippen LogP contribution in [0.5, 0.6) is 0 Å². The van der Waals surface area contributed by atoms with E-state index in [1.54, 1.807) is 0 Å². The zero-order valence-electron chi connectivity index (χ0n) is 31.5. The van der Waals surface area contributed by atoms with Gasteiger partial charge in [-0.25, -0.2) is 15.0 Å². The Balaban J connectivity index is 1.13. The van der Waals surface area contributed by atoms with Gasteiger partial charge in [0.2, 0.25) is 0 Å². The topological polar surface area (TPSA) is 43.6 Å². The van der Waals surface area contributed by atoms with Crippen LogP contribution in [0.2, 0.25) is 0 Å². The number of benzene rings is 7. The molecule has 0 atom stereocenters. The van der Waals surface area contributed by atoms with Crippen molar-refractivity contribution in [3.8, 4) is 51.0 Å². The summed E-state index contributed by atoms with van der Waals surface area (Å²) in [6.07, 6.45) is 0. The molecule has 4 nitrogen and oxygen atoms in total. The van der Waals surface area contributed by atoms with Crippen molar-refractivity contribution in [3.63, 3.8) is 0 Å². The summed E-state index contributed by atoms with van der Waals surface area (Å²) in [5.74, 6) is 2.07. The molecule has 10 aromatic rings. The molecule has 0 spiro atoms. The third kappa shape index (κ3) is 5.46. The van der Waals surface area contributed by atoms with Crippen molar-refractivity contribution in [1.29, 1.82) is 0 Å². The normalized spacial score (nSPS) is 11.6. The Kier molecular flexibility index (Phi) is 7.93. The van der Waals surface area contributed by atoms with Crippen molar-refractivity contribution < 1.29 is 0 Å². The number of hydrogen-bond donors (Lipinski definition) is 0. The fourth-order valence-electron chi connectivity index (χ4n) is 8.27. The highest BCUT2D eigenvalue weighted by molar-refractivity contribution is 7.25. The Morgan fingerprint density at radius 3 is 1.56 bits per heavy atom. The largest absolute Gasteiger partial charge is 0.309 e. The second-order valence-corrected chi connectivity index (χ2v) is 15.7. The monoisotopic (exact) mass is 716 g/mol. The minimum Gasteiger partial charge on any atom is -0.309 e. The highest BCUT2D eigenvalue weighted by Gasteiger charge is 2.20. The van der Waals surface area contributed by atoms with Gasteiger partial charge in [0, 0.05) is 53.3 Å². The fourth-order valence-corrected chi connectivity index (χ4v) is 9.34. The number of fused-ring (bicyclic) bond motifs is 6. The van der Waals surface area contributed by atoms with E-state index < -0.39 is 0 Å². The first-order chi connectivity index (χ1) is 26.8. The molecule has 3 aromatic heterocycles. The van der Waals surface area contributed by atoms with Gasteiger partial charge in [-0.2, -0.15) is 0 Å². The molecule has 254 valence electrons. The van der Waals surface area contributed by atoms with Crippen LogP contribution in [0.3, 0.4) is 0 Å². The smallest absolute Gasteiger partial charge is 0.164 e. The Morgan fingerprint density at radius 2 is 0.873 bits per heavy atom. The molecule has 0 amide bonds. The lowest BCUT2D eigenvalue weighted by molar-refractivity contribution is 1.08. The molecule has 55 heavy (non-hydrogen) atoms. The van der Waals surface area contributed by atoms with Gasteiger partial charge >= 0.3 is 0 Å². The molecule has 0 unspecified atom stereocenters. The van der Waals surface area contributed by atoms with Crippen LogP contribution in [0.25, 0.3) is 93.0 Å². The average molecular weight is 716 g/mol. The number of rotatable bonds is 5. The van der Waals surface area contributed by atoms with Gasteiger partial charge in [0.15, 0.2) is 17.5 Å². The molecule has 0 saturated carbocycles. The molecular formula is C45H33B5N4S. The number of nitrogens with zero attached hydrogens (tertiary/aromatic N) is 4. The summed E-state index contributed by atoms with van der Waals surface area (Å²) < 4.78 is 4.87. The summed E-state index contributed by atoms with van der Waals surface area (Å²) in [4.78, 5) is 15.5. The van der Waals surface area contributed by atoms with Gasteiger partial charge < -0.3 is 4.57 Å². The minimum absolute atomic E-state index is 0.677. The molecule has 3 heterocycles. The number of hydrogen-bond acceptors (Lipinski definition) is 4.